The summed E-state index contributed by atoms with van der Waals surface area (Å²) in [7, 11) is -1.84. The minimum atomic E-state index is -1.84. The van der Waals surface area contributed by atoms with Crippen molar-refractivity contribution >= 4 is 8.32 Å². The van der Waals surface area contributed by atoms with E-state index in [-0.39, 0.29) is 15.9 Å². The summed E-state index contributed by atoms with van der Waals surface area (Å²) in [6.45, 7) is 11.2. The predicted octanol–water partition coefficient (Wildman–Crippen LogP) is 4.89. The quantitative estimate of drug-likeness (QED) is 0.423. The normalized spacial score (nSPS) is 30.3. The van der Waals surface area contributed by atoms with Crippen LogP contribution in [0.15, 0.2) is 11.8 Å². The maximum atomic E-state index is 11.6. The molecule has 2 atom stereocenters. The van der Waals surface area contributed by atoms with Crippen LogP contribution in [0.1, 0.15) is 59.3 Å². The summed E-state index contributed by atoms with van der Waals surface area (Å²) in [6, 6.07) is 0. The molecule has 0 aromatic carbocycles. The standard InChI is InChI=1S/C16H29NO3Si/c1-15(2,3)21(4,5)20-14-9-11-16(17(18)19)10-7-6-8-13(16)12-14/h9,13H,6-8,10-12H2,1-5H3/t13-,16-/m1/s1. The third-order valence-corrected chi connectivity index (χ3v) is 10.2. The molecule has 0 N–H and O–H groups in total. The third kappa shape index (κ3) is 3.03. The molecular weight excluding hydrogens is 282 g/mol. The van der Waals surface area contributed by atoms with Crippen molar-refractivity contribution in [2.24, 2.45) is 5.92 Å². The SMILES string of the molecule is CC(C)(C)[Si](C)(C)OC1=CC[C@]2([N+](=O)[O-])CCCC[C@@H]2C1. The summed E-state index contributed by atoms with van der Waals surface area (Å²) in [4.78, 5) is 11.6. The average Bonchev–Trinajstić information content (AvgIpc) is 2.36. The molecular formula is C16H29NO3Si. The van der Waals surface area contributed by atoms with Crippen molar-refractivity contribution in [3.63, 3.8) is 0 Å². The van der Waals surface area contributed by atoms with Crippen molar-refractivity contribution in [2.45, 2.75) is 83.0 Å². The number of rotatable bonds is 3. The van der Waals surface area contributed by atoms with Crippen LogP contribution in [0.2, 0.25) is 18.1 Å². The van der Waals surface area contributed by atoms with Crippen LogP contribution in [-0.4, -0.2) is 18.8 Å². The van der Waals surface area contributed by atoms with Gasteiger partial charge in [-0.15, -0.1) is 0 Å². The van der Waals surface area contributed by atoms with Crippen LogP contribution >= 0.6 is 0 Å². The minimum Gasteiger partial charge on any atom is -0.547 e. The van der Waals surface area contributed by atoms with E-state index in [2.05, 4.69) is 33.9 Å². The zero-order chi connectivity index (χ0) is 15.9. The van der Waals surface area contributed by atoms with Gasteiger partial charge in [0.25, 0.3) is 0 Å². The van der Waals surface area contributed by atoms with Gasteiger partial charge in [-0.25, -0.2) is 0 Å². The fraction of sp³-hybridized carbons (Fsp3) is 0.875. The highest BCUT2D eigenvalue weighted by atomic mass is 28.4. The number of nitrogens with zero attached hydrogens (tertiary/aromatic N) is 1. The van der Waals surface area contributed by atoms with E-state index < -0.39 is 13.9 Å². The monoisotopic (exact) mass is 311 g/mol. The second-order valence-corrected chi connectivity index (χ2v) is 13.0. The Morgan fingerprint density at radius 1 is 1.38 bits per heavy atom. The zero-order valence-electron chi connectivity index (χ0n) is 14.1. The summed E-state index contributed by atoms with van der Waals surface area (Å²) < 4.78 is 6.39. The minimum absolute atomic E-state index is 0.00354. The fourth-order valence-electron chi connectivity index (χ4n) is 3.35. The van der Waals surface area contributed by atoms with Crippen molar-refractivity contribution in [3.8, 4) is 0 Å². The van der Waals surface area contributed by atoms with Gasteiger partial charge in [0.2, 0.25) is 13.9 Å². The van der Waals surface area contributed by atoms with Gasteiger partial charge in [-0.1, -0.05) is 27.2 Å². The van der Waals surface area contributed by atoms with Gasteiger partial charge >= 0.3 is 0 Å². The Morgan fingerprint density at radius 3 is 2.62 bits per heavy atom. The molecule has 0 radical (unpaired) electrons. The number of hydrogen-bond acceptors (Lipinski definition) is 3. The highest BCUT2D eigenvalue weighted by molar-refractivity contribution is 6.74. The molecule has 2 aliphatic rings. The van der Waals surface area contributed by atoms with E-state index in [4.69, 9.17) is 4.43 Å². The Hall–Kier alpha value is -0.843. The number of hydrogen-bond donors (Lipinski definition) is 0. The van der Waals surface area contributed by atoms with Crippen molar-refractivity contribution in [2.75, 3.05) is 0 Å². The van der Waals surface area contributed by atoms with Crippen molar-refractivity contribution in [1.29, 1.82) is 0 Å². The van der Waals surface area contributed by atoms with Gasteiger partial charge in [0, 0.05) is 30.1 Å². The topological polar surface area (TPSA) is 52.4 Å². The van der Waals surface area contributed by atoms with Gasteiger partial charge in [-0.3, -0.25) is 10.1 Å². The lowest BCUT2D eigenvalue weighted by Crippen LogP contribution is -2.50. The first-order valence-corrected chi connectivity index (χ1v) is 11.0. The molecule has 0 aromatic heterocycles. The van der Waals surface area contributed by atoms with Crippen molar-refractivity contribution in [1.82, 2.24) is 0 Å². The zero-order valence-corrected chi connectivity index (χ0v) is 15.1. The lowest BCUT2D eigenvalue weighted by molar-refractivity contribution is -0.585. The van der Waals surface area contributed by atoms with E-state index in [1.54, 1.807) is 0 Å². The van der Waals surface area contributed by atoms with Crippen LogP contribution in [0.25, 0.3) is 0 Å². The Labute approximate surface area is 129 Å². The lowest BCUT2D eigenvalue weighted by atomic mass is 9.67. The molecule has 0 heterocycles. The van der Waals surface area contributed by atoms with Crippen LogP contribution in [-0.2, 0) is 4.43 Å². The van der Waals surface area contributed by atoms with E-state index in [9.17, 15) is 10.1 Å². The van der Waals surface area contributed by atoms with Gasteiger partial charge in [-0.2, -0.15) is 0 Å². The number of fused-ring (bicyclic) bond motifs is 1. The molecule has 0 amide bonds. The molecule has 0 aliphatic heterocycles. The maximum absolute atomic E-state index is 11.6. The second kappa shape index (κ2) is 5.41. The van der Waals surface area contributed by atoms with Gasteiger partial charge in [0.1, 0.15) is 0 Å². The molecule has 0 aromatic rings. The molecule has 0 unspecified atom stereocenters. The van der Waals surface area contributed by atoms with Crippen LogP contribution in [0, 0.1) is 16.0 Å². The lowest BCUT2D eigenvalue weighted by Gasteiger charge is -2.43. The van der Waals surface area contributed by atoms with Gasteiger partial charge < -0.3 is 4.43 Å². The van der Waals surface area contributed by atoms with E-state index in [1.807, 2.05) is 6.08 Å². The van der Waals surface area contributed by atoms with E-state index in [0.29, 0.717) is 6.42 Å². The summed E-state index contributed by atoms with van der Waals surface area (Å²) in [5.74, 6) is 1.18. The van der Waals surface area contributed by atoms with Crippen LogP contribution in [0.4, 0.5) is 0 Å². The summed E-state index contributed by atoms with van der Waals surface area (Å²) in [6.07, 6.45) is 7.14. The molecule has 1 saturated carbocycles. The third-order valence-electron chi connectivity index (χ3n) is 5.86. The van der Waals surface area contributed by atoms with Gasteiger partial charge in [-0.05, 0) is 37.0 Å². The fourth-order valence-corrected chi connectivity index (χ4v) is 4.48. The van der Waals surface area contributed by atoms with Crippen LogP contribution in [0.5, 0.6) is 0 Å². The van der Waals surface area contributed by atoms with Crippen molar-refractivity contribution in [3.05, 3.63) is 21.9 Å². The van der Waals surface area contributed by atoms with Crippen LogP contribution in [0.3, 0.4) is 0 Å². The van der Waals surface area contributed by atoms with Gasteiger partial charge in [0.15, 0.2) is 0 Å². The molecule has 0 saturated heterocycles. The summed E-state index contributed by atoms with van der Waals surface area (Å²) in [5, 5.41) is 11.8. The van der Waals surface area contributed by atoms with E-state index in [1.165, 1.54) is 0 Å². The number of nitro groups is 1. The first-order valence-electron chi connectivity index (χ1n) is 8.11. The maximum Gasteiger partial charge on any atom is 0.250 e. The molecule has 2 rings (SSSR count). The predicted molar refractivity (Wildman–Crippen MR) is 87.3 cm³/mol. The molecule has 0 bridgehead atoms. The highest BCUT2D eigenvalue weighted by Crippen LogP contribution is 2.47. The summed E-state index contributed by atoms with van der Waals surface area (Å²) >= 11 is 0. The van der Waals surface area contributed by atoms with Gasteiger partial charge in [0.05, 0.1) is 5.76 Å². The molecule has 2 aliphatic carbocycles. The molecule has 1 fully saturated rings. The first-order chi connectivity index (χ1) is 9.58. The molecule has 4 nitrogen and oxygen atoms in total. The van der Waals surface area contributed by atoms with Crippen molar-refractivity contribution < 1.29 is 9.35 Å². The first kappa shape index (κ1) is 16.5. The molecule has 0 spiro atoms. The largest absolute Gasteiger partial charge is 0.547 e. The van der Waals surface area contributed by atoms with E-state index >= 15 is 0 Å². The Balaban J connectivity index is 2.18. The second-order valence-electron chi connectivity index (χ2n) is 8.24. The summed E-state index contributed by atoms with van der Waals surface area (Å²) in [5.41, 5.74) is -0.710. The van der Waals surface area contributed by atoms with Crippen LogP contribution < -0.4 is 0 Å². The Kier molecular flexibility index (Phi) is 4.26. The Morgan fingerprint density at radius 2 is 2.05 bits per heavy atom. The molecule has 120 valence electrons. The molecule has 5 heteroatoms. The van der Waals surface area contributed by atoms with E-state index in [0.717, 1.165) is 37.9 Å². The number of allylic oxidation sites excluding steroid dienone is 1. The Bertz CT molecular complexity index is 453. The average molecular weight is 311 g/mol. The highest BCUT2D eigenvalue weighted by Gasteiger charge is 2.53. The molecule has 21 heavy (non-hydrogen) atoms. The smallest absolute Gasteiger partial charge is 0.250 e.